The van der Waals surface area contributed by atoms with E-state index in [2.05, 4.69) is 0 Å². The predicted molar refractivity (Wildman–Crippen MR) is 60.0 cm³/mol. The van der Waals surface area contributed by atoms with Crippen LogP contribution in [0.1, 0.15) is 19.4 Å². The van der Waals surface area contributed by atoms with Gasteiger partial charge in [-0.15, -0.1) is 0 Å². The first-order valence-electron chi connectivity index (χ1n) is 4.92. The van der Waals surface area contributed by atoms with Crippen molar-refractivity contribution in [2.24, 2.45) is 0 Å². The Bertz CT molecular complexity index is 421. The summed E-state index contributed by atoms with van der Waals surface area (Å²) < 4.78 is 4.76. The molecule has 0 aromatic heterocycles. The molecule has 4 nitrogen and oxygen atoms in total. The van der Waals surface area contributed by atoms with E-state index in [0.29, 0.717) is 5.56 Å². The number of ether oxygens (including phenoxy) is 1. The molecule has 1 rings (SSSR count). The Morgan fingerprint density at radius 3 is 2.69 bits per heavy atom. The predicted octanol–water partition coefficient (Wildman–Crippen LogP) is 2.24. The van der Waals surface area contributed by atoms with E-state index in [9.17, 15) is 15.0 Å². The summed E-state index contributed by atoms with van der Waals surface area (Å²) in [6.07, 6.45) is 0. The highest BCUT2D eigenvalue weighted by Gasteiger charge is 2.12. The van der Waals surface area contributed by atoms with Crippen LogP contribution in [0.2, 0.25) is 0 Å². The monoisotopic (exact) mass is 222 g/mol. The largest absolute Gasteiger partial charge is 0.508 e. The minimum absolute atomic E-state index is 0.0284. The second kappa shape index (κ2) is 5.21. The molecular weight excluding hydrogens is 208 g/mol. The third-order valence-corrected chi connectivity index (χ3v) is 2.06. The molecule has 0 aliphatic rings. The van der Waals surface area contributed by atoms with Crippen LogP contribution in [-0.2, 0) is 9.53 Å². The van der Waals surface area contributed by atoms with Crippen LogP contribution >= 0.6 is 0 Å². The lowest BCUT2D eigenvalue weighted by atomic mass is 10.1. The number of phenols is 1. The molecule has 0 radical (unpaired) electrons. The van der Waals surface area contributed by atoms with E-state index < -0.39 is 5.97 Å². The molecule has 4 heteroatoms. The average molecular weight is 222 g/mol. The Morgan fingerprint density at radius 2 is 2.12 bits per heavy atom. The zero-order chi connectivity index (χ0) is 12.1. The Labute approximate surface area is 93.8 Å². The quantitative estimate of drug-likeness (QED) is 0.467. The molecule has 0 saturated carbocycles. The van der Waals surface area contributed by atoms with Crippen LogP contribution < -0.4 is 0 Å². The summed E-state index contributed by atoms with van der Waals surface area (Å²) in [5.41, 5.74) is 0.498. The lowest BCUT2D eigenvalue weighted by molar-refractivity contribution is -0.138. The first-order valence-corrected chi connectivity index (χ1v) is 4.92. The van der Waals surface area contributed by atoms with Crippen LogP contribution in [0.3, 0.4) is 0 Å². The number of benzene rings is 1. The summed E-state index contributed by atoms with van der Waals surface area (Å²) in [4.78, 5) is 11.3. The van der Waals surface area contributed by atoms with Crippen molar-refractivity contribution >= 4 is 11.7 Å². The maximum absolute atomic E-state index is 11.3. The maximum Gasteiger partial charge on any atom is 0.337 e. The minimum Gasteiger partial charge on any atom is -0.508 e. The van der Waals surface area contributed by atoms with Gasteiger partial charge in [0.25, 0.3) is 0 Å². The summed E-state index contributed by atoms with van der Waals surface area (Å²) in [7, 11) is 0. The Balaban J connectivity index is 3.03. The number of aliphatic hydroxyl groups excluding tert-OH is 1. The number of rotatable bonds is 3. The van der Waals surface area contributed by atoms with E-state index in [4.69, 9.17) is 4.74 Å². The third kappa shape index (κ3) is 2.76. The van der Waals surface area contributed by atoms with E-state index in [0.717, 1.165) is 0 Å². The van der Waals surface area contributed by atoms with Crippen LogP contribution in [0.25, 0.3) is 5.76 Å². The van der Waals surface area contributed by atoms with Gasteiger partial charge in [0.2, 0.25) is 0 Å². The van der Waals surface area contributed by atoms with Crippen molar-refractivity contribution in [2.45, 2.75) is 13.8 Å². The van der Waals surface area contributed by atoms with Crippen molar-refractivity contribution in [3.8, 4) is 5.75 Å². The van der Waals surface area contributed by atoms with Crippen molar-refractivity contribution in [3.05, 3.63) is 35.4 Å². The number of aromatic hydroxyl groups is 1. The van der Waals surface area contributed by atoms with Gasteiger partial charge < -0.3 is 14.9 Å². The van der Waals surface area contributed by atoms with Crippen LogP contribution in [-0.4, -0.2) is 22.8 Å². The topological polar surface area (TPSA) is 66.8 Å². The fraction of sp³-hybridized carbons (Fsp3) is 0.250. The van der Waals surface area contributed by atoms with Gasteiger partial charge in [0.15, 0.2) is 0 Å². The van der Waals surface area contributed by atoms with E-state index >= 15 is 0 Å². The van der Waals surface area contributed by atoms with Gasteiger partial charge in [-0.05, 0) is 26.0 Å². The summed E-state index contributed by atoms with van der Waals surface area (Å²) in [5, 5.41) is 19.0. The van der Waals surface area contributed by atoms with Gasteiger partial charge in [0, 0.05) is 5.56 Å². The molecule has 0 saturated heterocycles. The minimum atomic E-state index is -0.566. The van der Waals surface area contributed by atoms with Crippen molar-refractivity contribution in [1.82, 2.24) is 0 Å². The van der Waals surface area contributed by atoms with Crippen molar-refractivity contribution in [3.63, 3.8) is 0 Å². The molecule has 86 valence electrons. The smallest absolute Gasteiger partial charge is 0.337 e. The molecule has 0 aliphatic carbocycles. The number of phenolic OH excluding ortho intramolecular Hbond substituents is 1. The second-order valence-electron chi connectivity index (χ2n) is 3.24. The summed E-state index contributed by atoms with van der Waals surface area (Å²) in [5.74, 6) is -0.724. The highest BCUT2D eigenvalue weighted by molar-refractivity contribution is 5.95. The summed E-state index contributed by atoms with van der Waals surface area (Å²) >= 11 is 0. The van der Waals surface area contributed by atoms with E-state index in [1.165, 1.54) is 19.1 Å². The van der Waals surface area contributed by atoms with Gasteiger partial charge in [0.1, 0.15) is 11.5 Å². The summed E-state index contributed by atoms with van der Waals surface area (Å²) in [6, 6.07) is 6.03. The molecule has 1 aromatic carbocycles. The fourth-order valence-corrected chi connectivity index (χ4v) is 1.21. The standard InChI is InChI=1S/C12H14O4/c1-3-16-12(15)8(2)11(14)9-5-4-6-10(13)7-9/h4-7,13-14H,3H2,1-2H3/b11-8-. The van der Waals surface area contributed by atoms with Gasteiger partial charge in [-0.25, -0.2) is 4.79 Å². The molecule has 0 aliphatic heterocycles. The van der Waals surface area contributed by atoms with Crippen LogP contribution in [0.4, 0.5) is 0 Å². The van der Waals surface area contributed by atoms with Crippen molar-refractivity contribution in [2.75, 3.05) is 6.61 Å². The molecule has 0 bridgehead atoms. The number of carbonyl (C=O) groups excluding carboxylic acids is 1. The van der Waals surface area contributed by atoms with Gasteiger partial charge in [-0.3, -0.25) is 0 Å². The summed E-state index contributed by atoms with van der Waals surface area (Å²) in [6.45, 7) is 3.41. The Morgan fingerprint density at radius 1 is 1.44 bits per heavy atom. The molecule has 0 atom stereocenters. The number of carbonyl (C=O) groups is 1. The number of hydrogen-bond donors (Lipinski definition) is 2. The lowest BCUT2D eigenvalue weighted by Crippen LogP contribution is -2.07. The van der Waals surface area contributed by atoms with Crippen molar-refractivity contribution in [1.29, 1.82) is 0 Å². The van der Waals surface area contributed by atoms with E-state index in [1.54, 1.807) is 19.1 Å². The van der Waals surface area contributed by atoms with E-state index in [-0.39, 0.29) is 23.7 Å². The fourth-order valence-electron chi connectivity index (χ4n) is 1.21. The zero-order valence-corrected chi connectivity index (χ0v) is 9.23. The average Bonchev–Trinajstić information content (AvgIpc) is 2.27. The molecule has 1 aromatic rings. The molecule has 2 N–H and O–H groups in total. The first-order chi connectivity index (χ1) is 7.56. The Hall–Kier alpha value is -1.97. The van der Waals surface area contributed by atoms with Gasteiger partial charge in [0.05, 0.1) is 12.2 Å². The first kappa shape index (κ1) is 12.1. The normalized spacial score (nSPS) is 11.9. The SMILES string of the molecule is CCOC(=O)/C(C)=C(\O)c1cccc(O)c1. The third-order valence-electron chi connectivity index (χ3n) is 2.06. The van der Waals surface area contributed by atoms with Crippen LogP contribution in [0.15, 0.2) is 29.8 Å². The molecular formula is C12H14O4. The molecule has 0 fully saturated rings. The molecule has 0 amide bonds. The molecule has 16 heavy (non-hydrogen) atoms. The highest BCUT2D eigenvalue weighted by atomic mass is 16.5. The van der Waals surface area contributed by atoms with Gasteiger partial charge in [-0.1, -0.05) is 12.1 Å². The van der Waals surface area contributed by atoms with Crippen LogP contribution in [0, 0.1) is 0 Å². The van der Waals surface area contributed by atoms with Crippen LogP contribution in [0.5, 0.6) is 5.75 Å². The molecule has 0 spiro atoms. The van der Waals surface area contributed by atoms with Gasteiger partial charge >= 0.3 is 5.97 Å². The van der Waals surface area contributed by atoms with Crippen molar-refractivity contribution < 1.29 is 19.7 Å². The second-order valence-corrected chi connectivity index (χ2v) is 3.24. The lowest BCUT2D eigenvalue weighted by Gasteiger charge is -2.06. The van der Waals surface area contributed by atoms with E-state index in [1.807, 2.05) is 0 Å². The number of hydrogen-bond acceptors (Lipinski definition) is 4. The Kier molecular flexibility index (Phi) is 3.94. The maximum atomic E-state index is 11.3. The highest BCUT2D eigenvalue weighted by Crippen LogP contribution is 2.20. The number of esters is 1. The molecule has 0 heterocycles. The van der Waals surface area contributed by atoms with Gasteiger partial charge in [-0.2, -0.15) is 0 Å². The zero-order valence-electron chi connectivity index (χ0n) is 9.23. The number of aliphatic hydroxyl groups is 1. The molecule has 0 unspecified atom stereocenters.